The number of nitrogens with one attached hydrogen (secondary N) is 1. The number of anilines is 1. The Balaban J connectivity index is 1.75. The fourth-order valence-corrected chi connectivity index (χ4v) is 4.69. The van der Waals surface area contributed by atoms with Gasteiger partial charge in [0.25, 0.3) is 0 Å². The van der Waals surface area contributed by atoms with Gasteiger partial charge in [0, 0.05) is 24.5 Å². The fraction of sp³-hybridized carbons (Fsp3) is 0.594. The lowest BCUT2D eigenvalue weighted by Crippen LogP contribution is -2.21. The maximum atomic E-state index is 14.8. The van der Waals surface area contributed by atoms with Crippen LogP contribution in [-0.4, -0.2) is 23.1 Å². The highest BCUT2D eigenvalue weighted by Gasteiger charge is 2.18. The number of hydrogen-bond donors (Lipinski definition) is 1. The molecule has 1 N–H and O–H groups in total. The van der Waals surface area contributed by atoms with Gasteiger partial charge in [-0.05, 0) is 58.1 Å². The average Bonchev–Trinajstić information content (AvgIpc) is 2.92. The van der Waals surface area contributed by atoms with Gasteiger partial charge in [-0.15, -0.1) is 0 Å². The molecule has 0 aliphatic rings. The average molecular weight is 543 g/mol. The zero-order valence-electron chi connectivity index (χ0n) is 24.2. The van der Waals surface area contributed by atoms with Crippen molar-refractivity contribution in [3.63, 3.8) is 0 Å². The summed E-state index contributed by atoms with van der Waals surface area (Å²) in [6, 6.07) is 2.55. The van der Waals surface area contributed by atoms with Gasteiger partial charge in [0.15, 0.2) is 0 Å². The van der Waals surface area contributed by atoms with E-state index >= 15 is 0 Å². The summed E-state index contributed by atoms with van der Waals surface area (Å²) in [4.78, 5) is 37.4. The van der Waals surface area contributed by atoms with Crippen LogP contribution in [0.25, 0.3) is 10.9 Å². The maximum Gasteiger partial charge on any atom is 0.343 e. The summed E-state index contributed by atoms with van der Waals surface area (Å²) >= 11 is 0. The van der Waals surface area contributed by atoms with Crippen LogP contribution in [0.15, 0.2) is 35.3 Å². The molecule has 0 unspecified atom stereocenters. The summed E-state index contributed by atoms with van der Waals surface area (Å²) in [5, 5.41) is 2.73. The molecule has 0 fully saturated rings. The van der Waals surface area contributed by atoms with E-state index in [4.69, 9.17) is 4.74 Å². The number of esters is 1. The van der Waals surface area contributed by atoms with E-state index in [1.165, 1.54) is 63.6 Å². The Morgan fingerprint density at radius 3 is 2.13 bits per heavy atom. The summed E-state index contributed by atoms with van der Waals surface area (Å²) in [5.74, 6) is -1.69. The van der Waals surface area contributed by atoms with E-state index < -0.39 is 17.2 Å². The van der Waals surface area contributed by atoms with Gasteiger partial charge >= 0.3 is 5.97 Å². The van der Waals surface area contributed by atoms with Crippen LogP contribution in [0.4, 0.5) is 10.1 Å². The SMILES string of the molecule is CCCCCCCC/C=C/CCCCCCCC(=O)Nc1cc2c(cc1F)c(=O)c(C(=O)OCC)cn2CC. The molecule has 2 rings (SSSR count). The first-order valence-electron chi connectivity index (χ1n) is 14.9. The predicted octanol–water partition coefficient (Wildman–Crippen LogP) is 8.31. The molecular formula is C32H47FN2O4. The highest BCUT2D eigenvalue weighted by molar-refractivity contribution is 5.96. The van der Waals surface area contributed by atoms with Crippen LogP contribution in [0.2, 0.25) is 0 Å². The molecule has 6 nitrogen and oxygen atoms in total. The number of ether oxygens (including phenoxy) is 1. The van der Waals surface area contributed by atoms with Crippen molar-refractivity contribution in [1.29, 1.82) is 0 Å². The molecule has 0 aliphatic heterocycles. The second-order valence-corrected chi connectivity index (χ2v) is 10.1. The molecule has 0 atom stereocenters. The zero-order valence-corrected chi connectivity index (χ0v) is 24.2. The van der Waals surface area contributed by atoms with Crippen LogP contribution in [0.1, 0.15) is 121 Å². The lowest BCUT2D eigenvalue weighted by molar-refractivity contribution is -0.116. The van der Waals surface area contributed by atoms with Gasteiger partial charge in [-0.25, -0.2) is 9.18 Å². The molecule has 0 saturated heterocycles. The molecule has 1 heterocycles. The number of pyridine rings is 1. The number of halogens is 1. The minimum absolute atomic E-state index is 0.0331. The molecule has 7 heteroatoms. The lowest BCUT2D eigenvalue weighted by Gasteiger charge is -2.14. The normalized spacial score (nSPS) is 11.4. The number of allylic oxidation sites excluding steroid dienone is 2. The smallest absolute Gasteiger partial charge is 0.343 e. The highest BCUT2D eigenvalue weighted by Crippen LogP contribution is 2.23. The lowest BCUT2D eigenvalue weighted by atomic mass is 10.1. The number of hydrogen-bond acceptors (Lipinski definition) is 4. The van der Waals surface area contributed by atoms with Crippen molar-refractivity contribution in [2.24, 2.45) is 0 Å². The van der Waals surface area contributed by atoms with Crippen molar-refractivity contribution in [2.75, 3.05) is 11.9 Å². The number of amides is 1. The third kappa shape index (κ3) is 11.0. The molecule has 0 spiro atoms. The van der Waals surface area contributed by atoms with Gasteiger partial charge in [-0.1, -0.05) is 70.4 Å². The standard InChI is InChI=1S/C32H47FN2O4/c1-4-7-8-9-10-11-12-13-14-15-16-17-18-19-20-21-30(36)34-28-23-29-25(22-27(28)33)31(37)26(24-35(29)5-2)32(38)39-6-3/h13-14,22-24H,4-12,15-21H2,1-3H3,(H,34,36)/b14-13+. The number of aromatic nitrogens is 1. The number of carbonyl (C=O) groups is 2. The Bertz CT molecular complexity index is 1140. The second kappa shape index (κ2) is 18.3. The van der Waals surface area contributed by atoms with Gasteiger partial charge in [-0.2, -0.15) is 0 Å². The number of aryl methyl sites for hydroxylation is 1. The van der Waals surface area contributed by atoms with Crippen molar-refractivity contribution >= 4 is 28.5 Å². The topological polar surface area (TPSA) is 77.4 Å². The maximum absolute atomic E-state index is 14.8. The summed E-state index contributed by atoms with van der Waals surface area (Å²) in [6.45, 7) is 6.35. The molecule has 0 bridgehead atoms. The van der Waals surface area contributed by atoms with Crippen molar-refractivity contribution < 1.29 is 18.7 Å². The Hall–Kier alpha value is -2.96. The van der Waals surface area contributed by atoms with Gasteiger partial charge in [-0.3, -0.25) is 9.59 Å². The summed E-state index contributed by atoms with van der Waals surface area (Å²) in [5.41, 5.74) is -0.233. The van der Waals surface area contributed by atoms with Crippen LogP contribution in [0, 0.1) is 5.82 Å². The number of rotatable bonds is 19. The van der Waals surface area contributed by atoms with Crippen molar-refractivity contribution in [3.05, 3.63) is 52.1 Å². The van der Waals surface area contributed by atoms with Gasteiger partial charge < -0.3 is 14.6 Å². The Morgan fingerprint density at radius 1 is 0.897 bits per heavy atom. The van der Waals surface area contributed by atoms with E-state index in [0.717, 1.165) is 38.2 Å². The predicted molar refractivity (Wildman–Crippen MR) is 158 cm³/mol. The van der Waals surface area contributed by atoms with E-state index in [0.29, 0.717) is 18.5 Å². The largest absolute Gasteiger partial charge is 0.462 e. The van der Waals surface area contributed by atoms with E-state index in [-0.39, 0.29) is 29.2 Å². The molecule has 0 aliphatic carbocycles. The molecule has 0 saturated carbocycles. The first-order valence-corrected chi connectivity index (χ1v) is 14.9. The third-order valence-corrected chi connectivity index (χ3v) is 6.94. The van der Waals surface area contributed by atoms with Crippen LogP contribution < -0.4 is 10.7 Å². The Labute approximate surface area is 233 Å². The van der Waals surface area contributed by atoms with Crippen LogP contribution in [0.5, 0.6) is 0 Å². The minimum Gasteiger partial charge on any atom is -0.462 e. The molecule has 39 heavy (non-hydrogen) atoms. The van der Waals surface area contributed by atoms with Gasteiger partial charge in [0.1, 0.15) is 11.4 Å². The Morgan fingerprint density at radius 2 is 1.51 bits per heavy atom. The summed E-state index contributed by atoms with van der Waals surface area (Å²) in [6.07, 6.45) is 21.8. The molecule has 216 valence electrons. The zero-order chi connectivity index (χ0) is 28.5. The van der Waals surface area contributed by atoms with Crippen LogP contribution in [0.3, 0.4) is 0 Å². The van der Waals surface area contributed by atoms with Gasteiger partial charge in [0.2, 0.25) is 11.3 Å². The fourth-order valence-electron chi connectivity index (χ4n) is 4.69. The Kier molecular flexibility index (Phi) is 15.2. The molecular weight excluding hydrogens is 495 g/mol. The monoisotopic (exact) mass is 542 g/mol. The quantitative estimate of drug-likeness (QED) is 0.110. The van der Waals surface area contributed by atoms with E-state index in [9.17, 15) is 18.8 Å². The van der Waals surface area contributed by atoms with Crippen LogP contribution >= 0.6 is 0 Å². The molecule has 1 aromatic carbocycles. The van der Waals surface area contributed by atoms with Crippen molar-refractivity contribution in [1.82, 2.24) is 4.57 Å². The summed E-state index contributed by atoms with van der Waals surface area (Å²) in [7, 11) is 0. The van der Waals surface area contributed by atoms with Crippen LogP contribution in [-0.2, 0) is 16.1 Å². The molecule has 2 aromatic rings. The minimum atomic E-state index is -0.732. The van der Waals surface area contributed by atoms with Gasteiger partial charge in [0.05, 0.1) is 17.8 Å². The molecule has 1 aromatic heterocycles. The molecule has 1 amide bonds. The second-order valence-electron chi connectivity index (χ2n) is 10.1. The highest BCUT2D eigenvalue weighted by atomic mass is 19.1. The number of carbonyl (C=O) groups excluding carboxylic acids is 2. The number of nitrogens with zero attached hydrogens (tertiary/aromatic N) is 1. The van der Waals surface area contributed by atoms with E-state index in [1.54, 1.807) is 11.5 Å². The molecule has 0 radical (unpaired) electrons. The van der Waals surface area contributed by atoms with E-state index in [1.807, 2.05) is 6.92 Å². The van der Waals surface area contributed by atoms with Crippen molar-refractivity contribution in [2.45, 2.75) is 117 Å². The first kappa shape index (κ1) is 32.3. The number of benzene rings is 1. The summed E-state index contributed by atoms with van der Waals surface area (Å²) < 4.78 is 21.5. The number of fused-ring (bicyclic) bond motifs is 1. The number of unbranched alkanes of at least 4 members (excludes halogenated alkanes) is 11. The van der Waals surface area contributed by atoms with Crippen molar-refractivity contribution in [3.8, 4) is 0 Å². The van der Waals surface area contributed by atoms with E-state index in [2.05, 4.69) is 24.4 Å². The first-order chi connectivity index (χ1) is 18.9. The third-order valence-electron chi connectivity index (χ3n) is 6.94.